The molecule has 0 fully saturated rings. The van der Waals surface area contributed by atoms with Crippen molar-refractivity contribution in [1.29, 1.82) is 0 Å². The summed E-state index contributed by atoms with van der Waals surface area (Å²) >= 11 is 0. The smallest absolute Gasteiger partial charge is 0.257 e. The van der Waals surface area contributed by atoms with Gasteiger partial charge in [-0.1, -0.05) is 18.2 Å². The minimum absolute atomic E-state index is 0.171. The van der Waals surface area contributed by atoms with Gasteiger partial charge in [0.25, 0.3) is 5.91 Å². The van der Waals surface area contributed by atoms with Crippen LogP contribution >= 0.6 is 0 Å². The molecule has 0 spiro atoms. The van der Waals surface area contributed by atoms with Gasteiger partial charge in [-0.05, 0) is 19.1 Å². The summed E-state index contributed by atoms with van der Waals surface area (Å²) in [5.41, 5.74) is 2.07. The van der Waals surface area contributed by atoms with Gasteiger partial charge in [-0.3, -0.25) is 4.79 Å². The lowest BCUT2D eigenvalue weighted by Gasteiger charge is -2.20. The van der Waals surface area contributed by atoms with Crippen LogP contribution in [-0.2, 0) is 4.74 Å². The number of aromatic nitrogens is 2. The minimum atomic E-state index is -0.705. The standard InChI is InChI=1S/C16H21N3O3/c1-12-15(16(21)18(2)9-14(20)11-22-3)10-19(17-12)13-7-5-4-6-8-13/h4-8,10,14,20H,9,11H2,1-3H3. The molecule has 0 saturated heterocycles. The van der Waals surface area contributed by atoms with E-state index in [0.29, 0.717) is 11.3 Å². The molecule has 6 nitrogen and oxygen atoms in total. The van der Waals surface area contributed by atoms with Gasteiger partial charge < -0.3 is 14.7 Å². The number of amides is 1. The number of aryl methyl sites for hydroxylation is 1. The van der Waals surface area contributed by atoms with E-state index in [-0.39, 0.29) is 19.1 Å². The van der Waals surface area contributed by atoms with Crippen molar-refractivity contribution < 1.29 is 14.6 Å². The van der Waals surface area contributed by atoms with Crippen molar-refractivity contribution in [3.63, 3.8) is 0 Å². The number of carbonyl (C=O) groups is 1. The molecule has 1 unspecified atom stereocenters. The van der Waals surface area contributed by atoms with Crippen molar-refractivity contribution in [3.8, 4) is 5.69 Å². The first-order chi connectivity index (χ1) is 10.5. The lowest BCUT2D eigenvalue weighted by atomic mass is 10.2. The molecular weight excluding hydrogens is 282 g/mol. The summed E-state index contributed by atoms with van der Waals surface area (Å²) in [6, 6.07) is 9.61. The molecule has 0 bridgehead atoms. The van der Waals surface area contributed by atoms with Crippen LogP contribution < -0.4 is 0 Å². The predicted octanol–water partition coefficient (Wildman–Crippen LogP) is 1.26. The number of para-hydroxylation sites is 1. The number of hydrogen-bond acceptors (Lipinski definition) is 4. The average molecular weight is 303 g/mol. The topological polar surface area (TPSA) is 67.6 Å². The van der Waals surface area contributed by atoms with Gasteiger partial charge in [0.2, 0.25) is 0 Å². The number of rotatable bonds is 6. The average Bonchev–Trinajstić information content (AvgIpc) is 2.89. The number of benzene rings is 1. The van der Waals surface area contributed by atoms with Crippen LogP contribution in [0.3, 0.4) is 0 Å². The molecule has 1 N–H and O–H groups in total. The fourth-order valence-corrected chi connectivity index (χ4v) is 2.23. The monoisotopic (exact) mass is 303 g/mol. The van der Waals surface area contributed by atoms with Crippen molar-refractivity contribution >= 4 is 5.91 Å². The first-order valence-electron chi connectivity index (χ1n) is 7.07. The molecule has 1 amide bonds. The lowest BCUT2D eigenvalue weighted by molar-refractivity contribution is 0.0380. The first-order valence-corrected chi connectivity index (χ1v) is 7.07. The number of aliphatic hydroxyl groups excluding tert-OH is 1. The molecule has 2 rings (SSSR count). The van der Waals surface area contributed by atoms with E-state index in [0.717, 1.165) is 5.69 Å². The first kappa shape index (κ1) is 16.2. The van der Waals surface area contributed by atoms with E-state index in [1.54, 1.807) is 24.9 Å². The number of methoxy groups -OCH3 is 1. The molecule has 1 aromatic heterocycles. The second-order valence-corrected chi connectivity index (χ2v) is 5.20. The summed E-state index contributed by atoms with van der Waals surface area (Å²) in [4.78, 5) is 13.9. The Morgan fingerprint density at radius 1 is 1.41 bits per heavy atom. The van der Waals surface area contributed by atoms with E-state index < -0.39 is 6.10 Å². The summed E-state index contributed by atoms with van der Waals surface area (Å²) in [6.07, 6.45) is 1.01. The Morgan fingerprint density at radius 2 is 2.09 bits per heavy atom. The molecule has 0 aliphatic heterocycles. The van der Waals surface area contributed by atoms with Gasteiger partial charge >= 0.3 is 0 Å². The van der Waals surface area contributed by atoms with Gasteiger partial charge in [0, 0.05) is 26.9 Å². The zero-order valence-corrected chi connectivity index (χ0v) is 13.1. The summed E-state index contributed by atoms with van der Waals surface area (Å²) in [5.74, 6) is -0.171. The Bertz CT molecular complexity index is 625. The Hall–Kier alpha value is -2.18. The van der Waals surface area contributed by atoms with Gasteiger partial charge in [0.15, 0.2) is 0 Å². The van der Waals surface area contributed by atoms with Crippen LogP contribution in [0, 0.1) is 6.92 Å². The zero-order valence-electron chi connectivity index (χ0n) is 13.1. The van der Waals surface area contributed by atoms with Crippen LogP contribution in [0.15, 0.2) is 36.5 Å². The Morgan fingerprint density at radius 3 is 2.73 bits per heavy atom. The molecular formula is C16H21N3O3. The van der Waals surface area contributed by atoms with E-state index in [1.165, 1.54) is 12.0 Å². The summed E-state index contributed by atoms with van der Waals surface area (Å²) in [7, 11) is 3.17. The molecule has 1 heterocycles. The van der Waals surface area contributed by atoms with Crippen molar-refractivity contribution in [2.45, 2.75) is 13.0 Å². The quantitative estimate of drug-likeness (QED) is 0.872. The number of hydrogen-bond donors (Lipinski definition) is 1. The number of likely N-dealkylation sites (N-methyl/N-ethyl adjacent to an activating group) is 1. The van der Waals surface area contributed by atoms with Crippen LogP contribution in [0.5, 0.6) is 0 Å². The number of ether oxygens (including phenoxy) is 1. The maximum atomic E-state index is 12.5. The van der Waals surface area contributed by atoms with Gasteiger partial charge in [-0.2, -0.15) is 5.10 Å². The van der Waals surface area contributed by atoms with Gasteiger partial charge in [-0.25, -0.2) is 4.68 Å². The van der Waals surface area contributed by atoms with E-state index in [2.05, 4.69) is 5.10 Å². The highest BCUT2D eigenvalue weighted by atomic mass is 16.5. The number of nitrogens with zero attached hydrogens (tertiary/aromatic N) is 3. The van der Waals surface area contributed by atoms with E-state index >= 15 is 0 Å². The van der Waals surface area contributed by atoms with Crippen LogP contribution in [0.2, 0.25) is 0 Å². The SMILES string of the molecule is COCC(O)CN(C)C(=O)c1cn(-c2ccccc2)nc1C. The van der Waals surface area contributed by atoms with Crippen molar-refractivity contribution in [2.75, 3.05) is 27.3 Å². The summed E-state index contributed by atoms with van der Waals surface area (Å²) in [6.45, 7) is 2.20. The second-order valence-electron chi connectivity index (χ2n) is 5.20. The van der Waals surface area contributed by atoms with Crippen LogP contribution in [0.1, 0.15) is 16.1 Å². The fraction of sp³-hybridized carbons (Fsp3) is 0.375. The Labute approximate surface area is 129 Å². The molecule has 6 heteroatoms. The normalized spacial score (nSPS) is 12.2. The molecule has 0 aliphatic rings. The van der Waals surface area contributed by atoms with Crippen molar-refractivity contribution in [2.24, 2.45) is 0 Å². The molecule has 0 aliphatic carbocycles. The third-order valence-corrected chi connectivity index (χ3v) is 3.34. The van der Waals surface area contributed by atoms with Gasteiger partial charge in [-0.15, -0.1) is 0 Å². The van der Waals surface area contributed by atoms with Gasteiger partial charge in [0.1, 0.15) is 0 Å². The maximum Gasteiger partial charge on any atom is 0.257 e. The van der Waals surface area contributed by atoms with Gasteiger partial charge in [0.05, 0.1) is 29.7 Å². The summed E-state index contributed by atoms with van der Waals surface area (Å²) in [5, 5.41) is 14.1. The molecule has 0 radical (unpaired) electrons. The highest BCUT2D eigenvalue weighted by Crippen LogP contribution is 2.13. The molecule has 22 heavy (non-hydrogen) atoms. The molecule has 2 aromatic rings. The third-order valence-electron chi connectivity index (χ3n) is 3.34. The van der Waals surface area contributed by atoms with E-state index in [9.17, 15) is 9.90 Å². The number of carbonyl (C=O) groups excluding carboxylic acids is 1. The van der Waals surface area contributed by atoms with Crippen LogP contribution in [0.4, 0.5) is 0 Å². The maximum absolute atomic E-state index is 12.5. The van der Waals surface area contributed by atoms with Crippen LogP contribution in [-0.4, -0.2) is 59.1 Å². The third kappa shape index (κ3) is 3.72. The van der Waals surface area contributed by atoms with Crippen molar-refractivity contribution in [3.05, 3.63) is 47.8 Å². The van der Waals surface area contributed by atoms with Crippen molar-refractivity contribution in [1.82, 2.24) is 14.7 Å². The molecule has 0 saturated carbocycles. The second kappa shape index (κ2) is 7.20. The zero-order chi connectivity index (χ0) is 16.1. The highest BCUT2D eigenvalue weighted by Gasteiger charge is 2.20. The minimum Gasteiger partial charge on any atom is -0.389 e. The highest BCUT2D eigenvalue weighted by molar-refractivity contribution is 5.95. The van der Waals surface area contributed by atoms with E-state index in [1.807, 2.05) is 30.3 Å². The fourth-order valence-electron chi connectivity index (χ4n) is 2.23. The lowest BCUT2D eigenvalue weighted by Crippen LogP contribution is -2.36. The Kier molecular flexibility index (Phi) is 5.30. The number of aliphatic hydroxyl groups is 1. The van der Waals surface area contributed by atoms with E-state index in [4.69, 9.17) is 4.74 Å². The van der Waals surface area contributed by atoms with Crippen LogP contribution in [0.25, 0.3) is 5.69 Å². The molecule has 1 aromatic carbocycles. The largest absolute Gasteiger partial charge is 0.389 e. The molecule has 118 valence electrons. The summed E-state index contributed by atoms with van der Waals surface area (Å²) < 4.78 is 6.55. The Balaban J connectivity index is 2.15. The predicted molar refractivity (Wildman–Crippen MR) is 83.1 cm³/mol. The molecule has 1 atom stereocenters.